The van der Waals surface area contributed by atoms with Crippen LogP contribution in [-0.4, -0.2) is 0 Å². The number of unbranched alkanes of at least 4 members (excludes halogenated alkanes) is 10. The fourth-order valence-corrected chi connectivity index (χ4v) is 3.49. The number of fused-ring (bicyclic) bond motifs is 1. The third kappa shape index (κ3) is 8.19. The topological polar surface area (TPSA) is 0 Å². The van der Waals surface area contributed by atoms with E-state index in [2.05, 4.69) is 49.4 Å². The van der Waals surface area contributed by atoms with Crippen LogP contribution in [-0.2, 0) is 6.42 Å². The molecule has 0 heterocycles. The molecule has 0 bridgehead atoms. The predicted molar refractivity (Wildman–Crippen MR) is 105 cm³/mol. The Morgan fingerprint density at radius 1 is 0.625 bits per heavy atom. The van der Waals surface area contributed by atoms with Gasteiger partial charge in [0.05, 0.1) is 0 Å². The Morgan fingerprint density at radius 3 is 1.83 bits per heavy atom. The molecule has 0 fully saturated rings. The molecule has 0 amide bonds. The van der Waals surface area contributed by atoms with Crippen molar-refractivity contribution in [2.45, 2.75) is 84.0 Å². The summed E-state index contributed by atoms with van der Waals surface area (Å²) in [5.74, 6) is 0. The molecule has 0 aromatic heterocycles. The first-order valence-corrected chi connectivity index (χ1v) is 9.88. The fraction of sp³-hybridized carbons (Fsp3) is 0.565. The Labute approximate surface area is 173 Å². The van der Waals surface area contributed by atoms with E-state index >= 15 is 0 Å². The average Bonchev–Trinajstić information content (AvgIpc) is 2.60. The van der Waals surface area contributed by atoms with Crippen molar-refractivity contribution in [1.82, 2.24) is 0 Å². The van der Waals surface area contributed by atoms with Crippen LogP contribution in [0, 0.1) is 0 Å². The maximum atomic E-state index is 2.30. The van der Waals surface area contributed by atoms with Gasteiger partial charge in [-0.05, 0) is 29.2 Å². The van der Waals surface area contributed by atoms with Crippen molar-refractivity contribution < 1.29 is 31.0 Å². The zero-order valence-corrected chi connectivity index (χ0v) is 18.0. The van der Waals surface area contributed by atoms with Crippen molar-refractivity contribution in [3.63, 3.8) is 0 Å². The summed E-state index contributed by atoms with van der Waals surface area (Å²) in [7, 11) is 0. The van der Waals surface area contributed by atoms with Crippen LogP contribution < -0.4 is 29.6 Å². The van der Waals surface area contributed by atoms with Crippen LogP contribution in [0.1, 0.15) is 84.5 Å². The second-order valence-electron chi connectivity index (χ2n) is 6.92. The van der Waals surface area contributed by atoms with Gasteiger partial charge in [0.2, 0.25) is 0 Å². The molecular weight excluding hydrogens is 299 g/mol. The first-order valence-electron chi connectivity index (χ1n) is 9.88. The molecule has 0 unspecified atom stereocenters. The zero-order valence-electron chi connectivity index (χ0n) is 17.0. The summed E-state index contributed by atoms with van der Waals surface area (Å²) in [6.45, 7) is 2.29. The van der Waals surface area contributed by atoms with E-state index in [1.807, 2.05) is 0 Å². The van der Waals surface area contributed by atoms with Gasteiger partial charge in [0, 0.05) is 0 Å². The van der Waals surface area contributed by atoms with Crippen LogP contribution in [0.5, 0.6) is 0 Å². The first-order chi connectivity index (χ1) is 11.4. The standard InChI is InChI=1S/C23H34.Na.H/c1-2-3-4-5-6-7-8-9-10-11-12-16-21-18-15-19-22-17-13-14-20-23(21)22;;/h13-15,17-20H,2-12,16H2,1H3;;/q;+1;-1. The van der Waals surface area contributed by atoms with Crippen LogP contribution in [0.3, 0.4) is 0 Å². The van der Waals surface area contributed by atoms with Crippen LogP contribution in [0.4, 0.5) is 0 Å². The van der Waals surface area contributed by atoms with E-state index in [4.69, 9.17) is 0 Å². The molecule has 0 nitrogen and oxygen atoms in total. The molecule has 2 aromatic carbocycles. The number of hydrogen-bond acceptors (Lipinski definition) is 0. The normalized spacial score (nSPS) is 10.7. The third-order valence-electron chi connectivity index (χ3n) is 4.93. The predicted octanol–water partition coefficient (Wildman–Crippen LogP) is 4.81. The molecule has 0 saturated heterocycles. The molecule has 2 rings (SSSR count). The Hall–Kier alpha value is -0.300. The molecule has 0 aliphatic heterocycles. The van der Waals surface area contributed by atoms with E-state index in [1.165, 1.54) is 93.4 Å². The summed E-state index contributed by atoms with van der Waals surface area (Å²) >= 11 is 0. The van der Waals surface area contributed by atoms with Crippen LogP contribution >= 0.6 is 0 Å². The molecule has 24 heavy (non-hydrogen) atoms. The van der Waals surface area contributed by atoms with E-state index < -0.39 is 0 Å². The van der Waals surface area contributed by atoms with Crippen molar-refractivity contribution in [3.05, 3.63) is 48.0 Å². The van der Waals surface area contributed by atoms with Crippen LogP contribution in [0.15, 0.2) is 42.5 Å². The van der Waals surface area contributed by atoms with Crippen molar-refractivity contribution in [1.29, 1.82) is 0 Å². The van der Waals surface area contributed by atoms with Gasteiger partial charge in [-0.25, -0.2) is 0 Å². The van der Waals surface area contributed by atoms with Crippen LogP contribution in [0.2, 0.25) is 0 Å². The monoisotopic (exact) mass is 334 g/mol. The van der Waals surface area contributed by atoms with Crippen molar-refractivity contribution in [3.8, 4) is 0 Å². The summed E-state index contributed by atoms with van der Waals surface area (Å²) in [5.41, 5.74) is 1.53. The second kappa shape index (κ2) is 13.9. The summed E-state index contributed by atoms with van der Waals surface area (Å²) < 4.78 is 0. The van der Waals surface area contributed by atoms with Crippen molar-refractivity contribution >= 4 is 10.8 Å². The van der Waals surface area contributed by atoms with Gasteiger partial charge in [-0.2, -0.15) is 0 Å². The van der Waals surface area contributed by atoms with Gasteiger partial charge in [0.1, 0.15) is 0 Å². The summed E-state index contributed by atoms with van der Waals surface area (Å²) in [6.07, 6.45) is 16.8. The minimum absolute atomic E-state index is 0. The molecule has 0 radical (unpaired) electrons. The Bertz CT molecular complexity index is 547. The Morgan fingerprint density at radius 2 is 1.17 bits per heavy atom. The molecule has 0 N–H and O–H groups in total. The molecule has 0 aliphatic carbocycles. The smallest absolute Gasteiger partial charge is 1.00 e. The van der Waals surface area contributed by atoms with Gasteiger partial charge in [-0.15, -0.1) is 0 Å². The second-order valence-corrected chi connectivity index (χ2v) is 6.92. The van der Waals surface area contributed by atoms with E-state index in [0.29, 0.717) is 0 Å². The third-order valence-corrected chi connectivity index (χ3v) is 4.93. The SMILES string of the molecule is CCCCCCCCCCCCCc1cccc2ccccc12.[H-].[Na+]. The van der Waals surface area contributed by atoms with Gasteiger partial charge in [-0.1, -0.05) is 114 Å². The molecule has 0 saturated carbocycles. The molecule has 128 valence electrons. The molecule has 1 heteroatoms. The maximum Gasteiger partial charge on any atom is 1.00 e. The van der Waals surface area contributed by atoms with E-state index in [9.17, 15) is 0 Å². The van der Waals surface area contributed by atoms with Gasteiger partial charge >= 0.3 is 29.6 Å². The Kier molecular flexibility index (Phi) is 12.6. The summed E-state index contributed by atoms with van der Waals surface area (Å²) in [5, 5.41) is 2.83. The quantitative estimate of drug-likeness (QED) is 0.386. The number of hydrogen-bond donors (Lipinski definition) is 0. The van der Waals surface area contributed by atoms with E-state index in [0.717, 1.165) is 0 Å². The molecule has 0 aliphatic rings. The number of rotatable bonds is 12. The average molecular weight is 335 g/mol. The van der Waals surface area contributed by atoms with Crippen LogP contribution in [0.25, 0.3) is 10.8 Å². The van der Waals surface area contributed by atoms with Crippen molar-refractivity contribution in [2.24, 2.45) is 0 Å². The minimum Gasteiger partial charge on any atom is -1.00 e. The van der Waals surface area contributed by atoms with Gasteiger partial charge in [0.15, 0.2) is 0 Å². The minimum atomic E-state index is 0. The molecular formula is C23H35Na. The van der Waals surface area contributed by atoms with Gasteiger partial charge in [0.25, 0.3) is 0 Å². The fourth-order valence-electron chi connectivity index (χ4n) is 3.49. The molecule has 2 aromatic rings. The summed E-state index contributed by atoms with van der Waals surface area (Å²) in [4.78, 5) is 0. The van der Waals surface area contributed by atoms with Crippen molar-refractivity contribution in [2.75, 3.05) is 0 Å². The first kappa shape index (κ1) is 21.7. The number of aryl methyl sites for hydroxylation is 1. The Balaban J connectivity index is 0.00000288. The zero-order chi connectivity index (χ0) is 16.2. The van der Waals surface area contributed by atoms with Gasteiger partial charge in [-0.3, -0.25) is 0 Å². The molecule has 0 atom stereocenters. The molecule has 0 spiro atoms. The number of benzene rings is 2. The van der Waals surface area contributed by atoms with Gasteiger partial charge < -0.3 is 1.43 Å². The van der Waals surface area contributed by atoms with E-state index in [-0.39, 0.29) is 31.0 Å². The summed E-state index contributed by atoms with van der Waals surface area (Å²) in [6, 6.07) is 15.5. The maximum absolute atomic E-state index is 2.30. The van der Waals surface area contributed by atoms with E-state index in [1.54, 1.807) is 0 Å². The largest absolute Gasteiger partial charge is 1.00 e.